The predicted octanol–water partition coefficient (Wildman–Crippen LogP) is 1.58. The van der Waals surface area contributed by atoms with Gasteiger partial charge in [-0.3, -0.25) is 0 Å². The average Bonchev–Trinajstić information content (AvgIpc) is 2.35. The van der Waals surface area contributed by atoms with Gasteiger partial charge in [0.25, 0.3) is 0 Å². The van der Waals surface area contributed by atoms with Crippen LogP contribution in [0, 0.1) is 0 Å². The van der Waals surface area contributed by atoms with Crippen LogP contribution in [0.3, 0.4) is 0 Å². The van der Waals surface area contributed by atoms with E-state index in [-0.39, 0.29) is 6.61 Å². The van der Waals surface area contributed by atoms with Gasteiger partial charge in [-0.1, -0.05) is 25.1 Å². The first-order valence-electron chi connectivity index (χ1n) is 5.37. The number of rotatable bonds is 6. The van der Waals surface area contributed by atoms with Crippen LogP contribution in [-0.4, -0.2) is 33.8 Å². The SMILES string of the molecule is CCC(O)c1ccccc1SCC(O)CO. The number of aliphatic hydroxyl groups is 3. The van der Waals surface area contributed by atoms with Crippen LogP contribution in [0.2, 0.25) is 0 Å². The lowest BCUT2D eigenvalue weighted by Gasteiger charge is -2.14. The largest absolute Gasteiger partial charge is 0.394 e. The fourth-order valence-electron chi connectivity index (χ4n) is 1.35. The Labute approximate surface area is 100 Å². The molecule has 0 fully saturated rings. The van der Waals surface area contributed by atoms with Crippen molar-refractivity contribution in [2.45, 2.75) is 30.4 Å². The van der Waals surface area contributed by atoms with E-state index < -0.39 is 12.2 Å². The van der Waals surface area contributed by atoms with E-state index in [1.807, 2.05) is 31.2 Å². The summed E-state index contributed by atoms with van der Waals surface area (Å²) in [6.07, 6.45) is -0.507. The Kier molecular flexibility index (Phi) is 5.84. The molecule has 1 aromatic carbocycles. The Morgan fingerprint density at radius 1 is 1.25 bits per heavy atom. The Hall–Kier alpha value is -0.550. The molecule has 0 heterocycles. The highest BCUT2D eigenvalue weighted by molar-refractivity contribution is 7.99. The molecule has 90 valence electrons. The number of hydrogen-bond acceptors (Lipinski definition) is 4. The molecule has 0 bridgehead atoms. The normalized spacial score (nSPS) is 14.8. The number of aliphatic hydroxyl groups excluding tert-OH is 3. The molecule has 0 amide bonds. The number of thioether (sulfide) groups is 1. The smallest absolute Gasteiger partial charge is 0.0864 e. The minimum atomic E-state index is -0.711. The zero-order chi connectivity index (χ0) is 12.0. The summed E-state index contributed by atoms with van der Waals surface area (Å²) in [5, 5.41) is 27.8. The van der Waals surface area contributed by atoms with E-state index in [2.05, 4.69) is 0 Å². The molecule has 3 nitrogen and oxygen atoms in total. The fraction of sp³-hybridized carbons (Fsp3) is 0.500. The number of hydrogen-bond donors (Lipinski definition) is 3. The highest BCUT2D eigenvalue weighted by Crippen LogP contribution is 2.29. The van der Waals surface area contributed by atoms with Gasteiger partial charge in [-0.15, -0.1) is 11.8 Å². The lowest BCUT2D eigenvalue weighted by atomic mass is 10.1. The molecule has 0 saturated carbocycles. The first kappa shape index (κ1) is 13.5. The molecule has 0 aliphatic heterocycles. The summed E-state index contributed by atoms with van der Waals surface area (Å²) in [4.78, 5) is 0.962. The molecule has 3 N–H and O–H groups in total. The summed E-state index contributed by atoms with van der Waals surface area (Å²) in [6, 6.07) is 7.60. The second kappa shape index (κ2) is 6.91. The minimum Gasteiger partial charge on any atom is -0.394 e. The molecule has 0 aliphatic rings. The van der Waals surface area contributed by atoms with Crippen LogP contribution in [0.25, 0.3) is 0 Å². The Balaban J connectivity index is 2.71. The van der Waals surface area contributed by atoms with Gasteiger partial charge in [0.05, 0.1) is 18.8 Å². The van der Waals surface area contributed by atoms with Gasteiger partial charge in [-0.2, -0.15) is 0 Å². The van der Waals surface area contributed by atoms with Gasteiger partial charge >= 0.3 is 0 Å². The Bertz CT molecular complexity index is 317. The van der Waals surface area contributed by atoms with Crippen molar-refractivity contribution in [3.63, 3.8) is 0 Å². The summed E-state index contributed by atoms with van der Waals surface area (Å²) in [5.74, 6) is 0.434. The van der Waals surface area contributed by atoms with Crippen LogP contribution >= 0.6 is 11.8 Å². The summed E-state index contributed by atoms with van der Waals surface area (Å²) in [6.45, 7) is 1.69. The third kappa shape index (κ3) is 3.79. The van der Waals surface area contributed by atoms with Crippen molar-refractivity contribution in [2.24, 2.45) is 0 Å². The minimum absolute atomic E-state index is 0.231. The van der Waals surface area contributed by atoms with E-state index in [1.165, 1.54) is 11.8 Å². The molecule has 2 atom stereocenters. The van der Waals surface area contributed by atoms with Crippen molar-refractivity contribution in [2.75, 3.05) is 12.4 Å². The molecule has 2 unspecified atom stereocenters. The van der Waals surface area contributed by atoms with Crippen LogP contribution in [0.1, 0.15) is 25.0 Å². The molecule has 0 radical (unpaired) electrons. The molecule has 0 saturated heterocycles. The Morgan fingerprint density at radius 2 is 1.94 bits per heavy atom. The van der Waals surface area contributed by atoms with Crippen LogP contribution in [0.5, 0.6) is 0 Å². The monoisotopic (exact) mass is 242 g/mol. The van der Waals surface area contributed by atoms with E-state index >= 15 is 0 Å². The van der Waals surface area contributed by atoms with Crippen LogP contribution < -0.4 is 0 Å². The van der Waals surface area contributed by atoms with Crippen molar-refractivity contribution in [3.8, 4) is 0 Å². The summed E-state index contributed by atoms with van der Waals surface area (Å²) >= 11 is 1.45. The standard InChI is InChI=1S/C12H18O3S/c1-2-11(15)10-5-3-4-6-12(10)16-8-9(14)7-13/h3-6,9,11,13-15H,2,7-8H2,1H3. The van der Waals surface area contributed by atoms with Crippen molar-refractivity contribution in [1.29, 1.82) is 0 Å². The van der Waals surface area contributed by atoms with E-state index in [0.29, 0.717) is 12.2 Å². The predicted molar refractivity (Wildman–Crippen MR) is 65.5 cm³/mol. The first-order chi connectivity index (χ1) is 7.69. The summed E-state index contributed by atoms with van der Waals surface area (Å²) < 4.78 is 0. The highest BCUT2D eigenvalue weighted by atomic mass is 32.2. The van der Waals surface area contributed by atoms with Gasteiger partial charge in [0.1, 0.15) is 0 Å². The van der Waals surface area contributed by atoms with Crippen molar-refractivity contribution in [1.82, 2.24) is 0 Å². The second-order valence-corrected chi connectivity index (χ2v) is 4.67. The molecular weight excluding hydrogens is 224 g/mol. The van der Waals surface area contributed by atoms with Crippen molar-refractivity contribution in [3.05, 3.63) is 29.8 Å². The lowest BCUT2D eigenvalue weighted by molar-refractivity contribution is 0.113. The van der Waals surface area contributed by atoms with Gasteiger partial charge < -0.3 is 15.3 Å². The average molecular weight is 242 g/mol. The maximum Gasteiger partial charge on any atom is 0.0864 e. The topological polar surface area (TPSA) is 60.7 Å². The van der Waals surface area contributed by atoms with E-state index in [9.17, 15) is 10.2 Å². The highest BCUT2D eigenvalue weighted by Gasteiger charge is 2.11. The molecule has 0 aromatic heterocycles. The summed E-state index contributed by atoms with van der Waals surface area (Å²) in [5.41, 5.74) is 0.889. The molecule has 16 heavy (non-hydrogen) atoms. The van der Waals surface area contributed by atoms with Crippen LogP contribution in [0.4, 0.5) is 0 Å². The van der Waals surface area contributed by atoms with Gasteiger partial charge in [0.2, 0.25) is 0 Å². The Morgan fingerprint density at radius 3 is 2.56 bits per heavy atom. The molecule has 0 aliphatic carbocycles. The maximum absolute atomic E-state index is 9.81. The van der Waals surface area contributed by atoms with E-state index in [4.69, 9.17) is 5.11 Å². The number of benzene rings is 1. The van der Waals surface area contributed by atoms with Crippen molar-refractivity contribution >= 4 is 11.8 Å². The van der Waals surface area contributed by atoms with Gasteiger partial charge in [-0.25, -0.2) is 0 Å². The van der Waals surface area contributed by atoms with Crippen molar-refractivity contribution < 1.29 is 15.3 Å². The lowest BCUT2D eigenvalue weighted by Crippen LogP contribution is -2.14. The third-order valence-electron chi connectivity index (χ3n) is 2.31. The zero-order valence-electron chi connectivity index (χ0n) is 9.34. The van der Waals surface area contributed by atoms with Gasteiger partial charge in [0, 0.05) is 10.6 Å². The molecule has 4 heteroatoms. The zero-order valence-corrected chi connectivity index (χ0v) is 10.2. The molecule has 1 rings (SSSR count). The summed E-state index contributed by atoms with van der Waals surface area (Å²) in [7, 11) is 0. The van der Waals surface area contributed by atoms with Crippen LogP contribution in [-0.2, 0) is 0 Å². The van der Waals surface area contributed by atoms with Gasteiger partial charge in [-0.05, 0) is 18.1 Å². The molecule has 0 spiro atoms. The quantitative estimate of drug-likeness (QED) is 0.663. The van der Waals surface area contributed by atoms with Crippen LogP contribution in [0.15, 0.2) is 29.2 Å². The second-order valence-electron chi connectivity index (χ2n) is 3.61. The molecule has 1 aromatic rings. The molecular formula is C12H18O3S. The third-order valence-corrected chi connectivity index (χ3v) is 3.54. The fourth-order valence-corrected chi connectivity index (χ4v) is 2.37. The van der Waals surface area contributed by atoms with E-state index in [1.54, 1.807) is 0 Å². The first-order valence-corrected chi connectivity index (χ1v) is 6.36. The van der Waals surface area contributed by atoms with Gasteiger partial charge in [0.15, 0.2) is 0 Å². The van der Waals surface area contributed by atoms with E-state index in [0.717, 1.165) is 10.5 Å². The maximum atomic E-state index is 9.81.